The van der Waals surface area contributed by atoms with Crippen LogP contribution in [-0.4, -0.2) is 17.7 Å². The largest absolute Gasteiger partial charge is 0.728 e. The van der Waals surface area contributed by atoms with Gasteiger partial charge in [0.15, 0.2) is 0 Å². The van der Waals surface area contributed by atoms with Crippen molar-refractivity contribution >= 4 is 6.09 Å². The van der Waals surface area contributed by atoms with Gasteiger partial charge < -0.3 is 10.5 Å². The Morgan fingerprint density at radius 2 is 2.13 bits per heavy atom. The van der Waals surface area contributed by atoms with Gasteiger partial charge in [0.05, 0.1) is 4.85 Å². The zero-order valence-electron chi connectivity index (χ0n) is 9.62. The minimum Gasteiger partial charge on any atom is -0.392 e. The van der Waals surface area contributed by atoms with Crippen molar-refractivity contribution in [2.24, 2.45) is 11.7 Å². The first-order valence-corrected chi connectivity index (χ1v) is 5.33. The fourth-order valence-corrected chi connectivity index (χ4v) is 1.57. The molecule has 1 fully saturated rings. The molecular formula is C11H19N2O2+. The monoisotopic (exact) mass is 211 g/mol. The molecule has 0 aromatic carbocycles. The van der Waals surface area contributed by atoms with E-state index >= 15 is 0 Å². The Morgan fingerprint density at radius 3 is 2.60 bits per heavy atom. The molecule has 2 N–H and O–H groups in total. The Labute approximate surface area is 90.6 Å². The van der Waals surface area contributed by atoms with E-state index in [0.29, 0.717) is 0 Å². The van der Waals surface area contributed by atoms with Crippen molar-refractivity contribution in [2.45, 2.75) is 51.7 Å². The summed E-state index contributed by atoms with van der Waals surface area (Å²) in [5.41, 5.74) is 5.32. The van der Waals surface area contributed by atoms with Crippen molar-refractivity contribution in [1.29, 1.82) is 0 Å². The zero-order valence-corrected chi connectivity index (χ0v) is 9.62. The van der Waals surface area contributed by atoms with E-state index in [-0.39, 0.29) is 12.0 Å². The molecule has 1 unspecified atom stereocenters. The molecule has 1 aliphatic carbocycles. The number of amides is 1. The lowest BCUT2D eigenvalue weighted by molar-refractivity contribution is 0.0664. The highest BCUT2D eigenvalue weighted by molar-refractivity contribution is 5.79. The van der Waals surface area contributed by atoms with E-state index in [1.165, 1.54) is 0 Å². The van der Waals surface area contributed by atoms with Crippen molar-refractivity contribution in [3.63, 3.8) is 0 Å². The van der Waals surface area contributed by atoms with E-state index in [9.17, 15) is 4.79 Å². The molecule has 0 aromatic heterocycles. The van der Waals surface area contributed by atoms with E-state index in [4.69, 9.17) is 10.5 Å². The standard InChI is InChI=1S/C11H19N2O2/c1-11(2,3)15-10(14)13-7-8-5-4-6-9(8)12/h8-9H,4-6,12H2,1-3H3/q+1/t8?,9-/m1/s1. The summed E-state index contributed by atoms with van der Waals surface area (Å²) in [6.07, 6.45) is 2.46. The van der Waals surface area contributed by atoms with Gasteiger partial charge >= 0.3 is 6.09 Å². The molecule has 84 valence electrons. The number of hydrogen-bond acceptors (Lipinski definition) is 3. The van der Waals surface area contributed by atoms with Crippen LogP contribution in [0.25, 0.3) is 4.85 Å². The molecule has 1 amide bonds. The number of nitrogens with two attached hydrogens (primary N) is 1. The molecule has 2 atom stereocenters. The summed E-state index contributed by atoms with van der Waals surface area (Å²) in [6.45, 7) is 5.42. The van der Waals surface area contributed by atoms with E-state index in [2.05, 4.69) is 10.9 Å². The van der Waals surface area contributed by atoms with E-state index < -0.39 is 11.7 Å². The first-order valence-electron chi connectivity index (χ1n) is 5.33. The average molecular weight is 211 g/mol. The van der Waals surface area contributed by atoms with Crippen LogP contribution in [0.15, 0.2) is 0 Å². The van der Waals surface area contributed by atoms with Crippen LogP contribution >= 0.6 is 0 Å². The molecule has 1 aliphatic rings. The SMILES string of the molecule is CC(C)(C)OC(=O)[N+]#CC1CCC[C@H]1N. The first-order chi connectivity index (χ1) is 6.88. The van der Waals surface area contributed by atoms with Gasteiger partial charge in [-0.15, -0.1) is 0 Å². The quantitative estimate of drug-likeness (QED) is 0.669. The molecule has 4 heteroatoms. The van der Waals surface area contributed by atoms with Gasteiger partial charge in [-0.3, -0.25) is 0 Å². The normalized spacial score (nSPS) is 25.6. The number of carbonyl (C=O) groups is 1. The number of ether oxygens (including phenoxy) is 1. The molecule has 0 aromatic rings. The minimum absolute atomic E-state index is 0.0937. The van der Waals surface area contributed by atoms with Gasteiger partial charge in [0.1, 0.15) is 11.5 Å². The second-order valence-electron chi connectivity index (χ2n) is 4.92. The highest BCUT2D eigenvalue weighted by atomic mass is 16.6. The molecule has 0 spiro atoms. The van der Waals surface area contributed by atoms with Crippen molar-refractivity contribution in [1.82, 2.24) is 0 Å². The molecule has 15 heavy (non-hydrogen) atoms. The summed E-state index contributed by atoms with van der Waals surface area (Å²) in [4.78, 5) is 14.9. The smallest absolute Gasteiger partial charge is 0.392 e. The molecule has 1 saturated carbocycles. The van der Waals surface area contributed by atoms with Gasteiger partial charge in [0, 0.05) is 6.04 Å². The van der Waals surface area contributed by atoms with Crippen LogP contribution in [0.1, 0.15) is 40.0 Å². The van der Waals surface area contributed by atoms with Gasteiger partial charge in [-0.05, 0) is 33.6 Å². The Hall–Kier alpha value is -1.08. The maximum Gasteiger partial charge on any atom is 0.728 e. The summed E-state index contributed by atoms with van der Waals surface area (Å²) in [5.74, 6) is 0.109. The summed E-state index contributed by atoms with van der Waals surface area (Å²) in [5, 5.41) is 0. The maximum absolute atomic E-state index is 11.2. The zero-order chi connectivity index (χ0) is 11.5. The molecule has 1 rings (SSSR count). The summed E-state index contributed by atoms with van der Waals surface area (Å²) < 4.78 is 5.02. The minimum atomic E-state index is -0.582. The van der Waals surface area contributed by atoms with Crippen LogP contribution in [0.2, 0.25) is 0 Å². The molecule has 0 heterocycles. The third-order valence-corrected chi connectivity index (χ3v) is 2.28. The number of hydrogen-bond donors (Lipinski definition) is 1. The van der Waals surface area contributed by atoms with Crippen molar-refractivity contribution in [3.8, 4) is 6.07 Å². The highest BCUT2D eigenvalue weighted by Gasteiger charge is 2.29. The van der Waals surface area contributed by atoms with Crippen molar-refractivity contribution in [2.75, 3.05) is 0 Å². The Balaban J connectivity index is 2.47. The van der Waals surface area contributed by atoms with Crippen molar-refractivity contribution in [3.05, 3.63) is 4.85 Å². The molecule has 0 bridgehead atoms. The van der Waals surface area contributed by atoms with Crippen LogP contribution in [0.5, 0.6) is 0 Å². The third-order valence-electron chi connectivity index (χ3n) is 2.28. The number of carbonyl (C=O) groups excluding carboxylic acids is 1. The predicted molar refractivity (Wildman–Crippen MR) is 58.8 cm³/mol. The van der Waals surface area contributed by atoms with Crippen LogP contribution in [0.3, 0.4) is 0 Å². The summed E-state index contributed by atoms with van der Waals surface area (Å²) >= 11 is 0. The second-order valence-corrected chi connectivity index (χ2v) is 4.92. The molecule has 4 nitrogen and oxygen atoms in total. The Morgan fingerprint density at radius 1 is 1.47 bits per heavy atom. The molecule has 0 saturated heterocycles. The fourth-order valence-electron chi connectivity index (χ4n) is 1.57. The third kappa shape index (κ3) is 4.30. The topological polar surface area (TPSA) is 56.7 Å². The highest BCUT2D eigenvalue weighted by Crippen LogP contribution is 2.23. The van der Waals surface area contributed by atoms with E-state index in [1.807, 2.05) is 20.8 Å². The van der Waals surface area contributed by atoms with Gasteiger partial charge in [-0.25, -0.2) is 0 Å². The van der Waals surface area contributed by atoms with Gasteiger partial charge in [0.25, 0.3) is 6.07 Å². The second kappa shape index (κ2) is 4.63. The lowest BCUT2D eigenvalue weighted by Crippen LogP contribution is -2.23. The summed E-state index contributed by atoms with van der Waals surface area (Å²) in [7, 11) is 0. The molecule has 0 aliphatic heterocycles. The first kappa shape index (κ1) is 12.0. The number of rotatable bonds is 0. The van der Waals surface area contributed by atoms with Gasteiger partial charge in [-0.2, -0.15) is 4.79 Å². The predicted octanol–water partition coefficient (Wildman–Crippen LogP) is 2.38. The summed E-state index contributed by atoms with van der Waals surface area (Å²) in [6, 6.07) is 2.87. The number of nitrogens with zero attached hydrogens (tertiary/aromatic N) is 1. The van der Waals surface area contributed by atoms with Gasteiger partial charge in [-0.1, -0.05) is 6.42 Å². The average Bonchev–Trinajstić information content (AvgIpc) is 2.44. The van der Waals surface area contributed by atoms with Gasteiger partial charge in [0.2, 0.25) is 0 Å². The lowest BCUT2D eigenvalue weighted by Gasteiger charge is -2.12. The van der Waals surface area contributed by atoms with Crippen LogP contribution in [0.4, 0.5) is 4.79 Å². The van der Waals surface area contributed by atoms with E-state index in [0.717, 1.165) is 19.3 Å². The van der Waals surface area contributed by atoms with Crippen LogP contribution in [0, 0.1) is 12.0 Å². The van der Waals surface area contributed by atoms with Crippen molar-refractivity contribution < 1.29 is 9.53 Å². The Bertz CT molecular complexity index is 296. The van der Waals surface area contributed by atoms with E-state index in [1.54, 1.807) is 0 Å². The maximum atomic E-state index is 11.2. The molecular weight excluding hydrogens is 192 g/mol. The fraction of sp³-hybridized carbons (Fsp3) is 0.818. The lowest BCUT2D eigenvalue weighted by atomic mass is 10.1. The molecule has 0 radical (unpaired) electrons. The van der Waals surface area contributed by atoms with Crippen LogP contribution < -0.4 is 5.73 Å². The Kier molecular flexibility index (Phi) is 3.70. The van der Waals surface area contributed by atoms with Crippen LogP contribution in [-0.2, 0) is 4.74 Å².